The molecular weight excluding hydrogens is 436 g/mol. The zero-order valence-electron chi connectivity index (χ0n) is 19.5. The molecule has 0 spiro atoms. The summed E-state index contributed by atoms with van der Waals surface area (Å²) in [5.74, 6) is -1.36. The summed E-state index contributed by atoms with van der Waals surface area (Å²) in [5, 5.41) is 0. The fourth-order valence-corrected chi connectivity index (χ4v) is 3.99. The summed E-state index contributed by atoms with van der Waals surface area (Å²) in [6.07, 6.45) is -1.27. The Morgan fingerprint density at radius 3 is 1.40 bits per heavy atom. The number of rotatable bonds is 8. The average Bonchev–Trinajstić information content (AvgIpc) is 2.92. The van der Waals surface area contributed by atoms with Crippen molar-refractivity contribution in [2.75, 3.05) is 0 Å². The molecule has 174 valence electrons. The maximum atomic E-state index is 13.9. The summed E-state index contributed by atoms with van der Waals surface area (Å²) in [7, 11) is 0. The first kappa shape index (κ1) is 23.7. The molecule has 35 heavy (non-hydrogen) atoms. The predicted octanol–water partition coefficient (Wildman–Crippen LogP) is 6.38. The van der Waals surface area contributed by atoms with Crippen LogP contribution < -0.4 is 0 Å². The van der Waals surface area contributed by atoms with Gasteiger partial charge in [-0.25, -0.2) is 9.59 Å². The average molecular weight is 463 g/mol. The third-order valence-electron chi connectivity index (χ3n) is 5.68. The van der Waals surface area contributed by atoms with Crippen LogP contribution in [0.15, 0.2) is 133 Å². The van der Waals surface area contributed by atoms with Gasteiger partial charge in [0, 0.05) is 27.8 Å². The lowest BCUT2D eigenvalue weighted by molar-refractivity contribution is -0.173. The van der Waals surface area contributed by atoms with Gasteiger partial charge in [-0.3, -0.25) is 0 Å². The molecule has 1 unspecified atom stereocenters. The van der Waals surface area contributed by atoms with E-state index >= 15 is 0 Å². The van der Waals surface area contributed by atoms with E-state index < -0.39 is 23.6 Å². The lowest BCUT2D eigenvalue weighted by Gasteiger charge is -2.36. The van der Waals surface area contributed by atoms with Gasteiger partial charge in [-0.2, -0.15) is 0 Å². The molecule has 0 aliphatic carbocycles. The van der Waals surface area contributed by atoms with Gasteiger partial charge in [0.2, 0.25) is 6.10 Å². The van der Waals surface area contributed by atoms with Crippen molar-refractivity contribution in [3.63, 3.8) is 0 Å². The molecule has 4 rings (SSSR count). The van der Waals surface area contributed by atoms with Crippen LogP contribution >= 0.6 is 0 Å². The van der Waals surface area contributed by atoms with E-state index in [2.05, 4.69) is 6.58 Å². The summed E-state index contributed by atoms with van der Waals surface area (Å²) in [6, 6.07) is 37.5. The SMILES string of the molecule is C=C(C)C(=O)OC(C(=O)OC(c1ccccc1)(c1ccccc1)c1ccccc1)c1ccccc1. The molecule has 0 amide bonds. The van der Waals surface area contributed by atoms with Crippen LogP contribution in [0.4, 0.5) is 0 Å². The van der Waals surface area contributed by atoms with Crippen LogP contribution in [0, 0.1) is 0 Å². The fraction of sp³-hybridized carbons (Fsp3) is 0.0968. The maximum Gasteiger partial charge on any atom is 0.353 e. The Labute approximate surface area is 205 Å². The molecule has 0 aliphatic heterocycles. The molecule has 4 aromatic carbocycles. The molecule has 4 aromatic rings. The molecule has 4 heteroatoms. The van der Waals surface area contributed by atoms with Gasteiger partial charge in [-0.15, -0.1) is 0 Å². The lowest BCUT2D eigenvalue weighted by atomic mass is 9.80. The molecule has 0 radical (unpaired) electrons. The normalized spacial score (nSPS) is 11.8. The highest BCUT2D eigenvalue weighted by Crippen LogP contribution is 2.41. The second-order valence-electron chi connectivity index (χ2n) is 8.18. The van der Waals surface area contributed by atoms with Crippen molar-refractivity contribution in [2.24, 2.45) is 0 Å². The number of carbonyl (C=O) groups is 2. The third kappa shape index (κ3) is 5.07. The summed E-state index contributed by atoms with van der Waals surface area (Å²) in [6.45, 7) is 5.19. The highest BCUT2D eigenvalue weighted by atomic mass is 16.6. The van der Waals surface area contributed by atoms with E-state index in [4.69, 9.17) is 9.47 Å². The molecule has 0 saturated heterocycles. The number of esters is 2. The summed E-state index contributed by atoms with van der Waals surface area (Å²) < 4.78 is 12.0. The van der Waals surface area contributed by atoms with Gasteiger partial charge in [0.1, 0.15) is 0 Å². The number of hydrogen-bond acceptors (Lipinski definition) is 4. The minimum absolute atomic E-state index is 0.194. The number of carbonyl (C=O) groups excluding carboxylic acids is 2. The third-order valence-corrected chi connectivity index (χ3v) is 5.68. The standard InChI is InChI=1S/C31H26O4/c1-23(2)29(32)34-28(24-15-7-3-8-16-24)30(33)35-31(25-17-9-4-10-18-25,26-19-11-5-12-20-26)27-21-13-6-14-22-27/h3-22,28H,1H2,2H3. The Hall–Kier alpha value is -4.44. The largest absolute Gasteiger partial charge is 0.442 e. The lowest BCUT2D eigenvalue weighted by Crippen LogP contribution is -2.37. The van der Waals surface area contributed by atoms with Crippen molar-refractivity contribution < 1.29 is 19.1 Å². The Balaban J connectivity index is 1.88. The van der Waals surface area contributed by atoms with Crippen molar-refractivity contribution in [3.8, 4) is 0 Å². The smallest absolute Gasteiger partial charge is 0.353 e. The predicted molar refractivity (Wildman–Crippen MR) is 135 cm³/mol. The molecule has 1 atom stereocenters. The van der Waals surface area contributed by atoms with Crippen molar-refractivity contribution in [1.82, 2.24) is 0 Å². The van der Waals surface area contributed by atoms with E-state index in [0.29, 0.717) is 5.56 Å². The molecule has 0 aliphatic rings. The first-order chi connectivity index (χ1) is 17.0. The Kier molecular flexibility index (Phi) is 7.22. The van der Waals surface area contributed by atoms with Crippen molar-refractivity contribution in [3.05, 3.63) is 156 Å². The zero-order chi connectivity index (χ0) is 24.7. The van der Waals surface area contributed by atoms with Crippen LogP contribution in [0.5, 0.6) is 0 Å². The Morgan fingerprint density at radius 1 is 0.657 bits per heavy atom. The van der Waals surface area contributed by atoms with Crippen molar-refractivity contribution in [2.45, 2.75) is 18.6 Å². The summed E-state index contributed by atoms with van der Waals surface area (Å²) in [5.41, 5.74) is 1.73. The second kappa shape index (κ2) is 10.7. The van der Waals surface area contributed by atoms with E-state index in [9.17, 15) is 9.59 Å². The summed E-state index contributed by atoms with van der Waals surface area (Å²) in [4.78, 5) is 26.4. The molecule has 0 fully saturated rings. The molecule has 0 saturated carbocycles. The van der Waals surface area contributed by atoms with E-state index in [1.54, 1.807) is 24.3 Å². The van der Waals surface area contributed by atoms with Gasteiger partial charge >= 0.3 is 11.9 Å². The second-order valence-corrected chi connectivity index (χ2v) is 8.18. The van der Waals surface area contributed by atoms with Crippen LogP contribution in [0.1, 0.15) is 35.3 Å². The van der Waals surface area contributed by atoms with Gasteiger partial charge < -0.3 is 9.47 Å². The van der Waals surface area contributed by atoms with E-state index in [1.165, 1.54) is 6.92 Å². The minimum Gasteiger partial charge on any atom is -0.442 e. The van der Waals surface area contributed by atoms with Crippen LogP contribution in [-0.2, 0) is 24.7 Å². The van der Waals surface area contributed by atoms with Crippen LogP contribution in [0.2, 0.25) is 0 Å². The van der Waals surface area contributed by atoms with E-state index in [-0.39, 0.29) is 5.57 Å². The first-order valence-electron chi connectivity index (χ1n) is 11.3. The summed E-state index contributed by atoms with van der Waals surface area (Å²) >= 11 is 0. The quantitative estimate of drug-likeness (QED) is 0.173. The van der Waals surface area contributed by atoms with Crippen LogP contribution in [-0.4, -0.2) is 11.9 Å². The zero-order valence-corrected chi connectivity index (χ0v) is 19.5. The Morgan fingerprint density at radius 2 is 1.03 bits per heavy atom. The highest BCUT2D eigenvalue weighted by Gasteiger charge is 2.43. The maximum absolute atomic E-state index is 13.9. The van der Waals surface area contributed by atoms with Gasteiger partial charge in [0.05, 0.1) is 0 Å². The van der Waals surface area contributed by atoms with Crippen LogP contribution in [0.3, 0.4) is 0 Å². The van der Waals surface area contributed by atoms with Gasteiger partial charge in [0.15, 0.2) is 5.60 Å². The fourth-order valence-electron chi connectivity index (χ4n) is 3.99. The molecular formula is C31H26O4. The van der Waals surface area contributed by atoms with E-state index in [1.807, 2.05) is 97.1 Å². The number of benzene rings is 4. The Bertz CT molecular complexity index is 1190. The minimum atomic E-state index is -1.27. The highest BCUT2D eigenvalue weighted by molar-refractivity contribution is 5.90. The van der Waals surface area contributed by atoms with Gasteiger partial charge in [-0.05, 0) is 6.92 Å². The van der Waals surface area contributed by atoms with Crippen molar-refractivity contribution in [1.29, 1.82) is 0 Å². The topological polar surface area (TPSA) is 52.6 Å². The van der Waals surface area contributed by atoms with Crippen LogP contribution in [0.25, 0.3) is 0 Å². The number of ether oxygens (including phenoxy) is 2. The molecule has 0 N–H and O–H groups in total. The molecule has 4 nitrogen and oxygen atoms in total. The van der Waals surface area contributed by atoms with E-state index in [0.717, 1.165) is 16.7 Å². The monoisotopic (exact) mass is 462 g/mol. The van der Waals surface area contributed by atoms with Crippen molar-refractivity contribution >= 4 is 11.9 Å². The molecule has 0 heterocycles. The van der Waals surface area contributed by atoms with Gasteiger partial charge in [0.25, 0.3) is 0 Å². The molecule has 0 aromatic heterocycles. The van der Waals surface area contributed by atoms with Gasteiger partial charge in [-0.1, -0.05) is 128 Å². The number of hydrogen-bond donors (Lipinski definition) is 0. The molecule has 0 bridgehead atoms. The first-order valence-corrected chi connectivity index (χ1v) is 11.3.